The zero-order chi connectivity index (χ0) is 18.0. The number of hydrogen-bond donors (Lipinski definition) is 0. The quantitative estimate of drug-likeness (QED) is 0.283. The maximum Gasteiger partial charge on any atom is 0.273 e. The Labute approximate surface area is 162 Å². The van der Waals surface area contributed by atoms with Gasteiger partial charge in [0.1, 0.15) is 0 Å². The number of ketones is 1. The topological polar surface area (TPSA) is 34.1 Å². The van der Waals surface area contributed by atoms with E-state index in [-0.39, 0.29) is 11.7 Å². The number of alkyl halides is 5. The van der Waals surface area contributed by atoms with Crippen LogP contribution in [0.4, 0.5) is 0 Å². The number of halogens is 6. The van der Waals surface area contributed by atoms with Crippen molar-refractivity contribution < 1.29 is 9.59 Å². The minimum Gasteiger partial charge on any atom is -0.296 e. The van der Waals surface area contributed by atoms with E-state index in [1.54, 1.807) is 0 Å². The molecule has 1 unspecified atom stereocenters. The Balaban J connectivity index is 0. The van der Waals surface area contributed by atoms with Crippen LogP contribution in [0.2, 0.25) is 0 Å². The van der Waals surface area contributed by atoms with Crippen molar-refractivity contribution in [2.75, 3.05) is 0 Å². The molecule has 0 amide bonds. The van der Waals surface area contributed by atoms with Gasteiger partial charge in [0, 0.05) is 12.3 Å². The molecule has 1 aliphatic carbocycles. The fourth-order valence-electron chi connectivity index (χ4n) is 1.42. The summed E-state index contributed by atoms with van der Waals surface area (Å²) >= 11 is 30.9. The number of allylic oxidation sites excluding steroid dienone is 1. The van der Waals surface area contributed by atoms with Crippen molar-refractivity contribution >= 4 is 80.6 Å². The van der Waals surface area contributed by atoms with E-state index in [9.17, 15) is 9.59 Å². The summed E-state index contributed by atoms with van der Waals surface area (Å²) < 4.78 is -3.00. The van der Waals surface area contributed by atoms with Gasteiger partial charge in [0.05, 0.1) is 0 Å². The third-order valence-electron chi connectivity index (χ3n) is 2.67. The first-order valence-electron chi connectivity index (χ1n) is 6.73. The van der Waals surface area contributed by atoms with Crippen molar-refractivity contribution in [3.8, 4) is 0 Å². The maximum atomic E-state index is 10.8. The molecule has 22 heavy (non-hydrogen) atoms. The maximum absolute atomic E-state index is 10.8. The molecule has 1 rings (SSSR count). The van der Waals surface area contributed by atoms with Crippen LogP contribution in [0, 0.1) is 5.92 Å². The molecular formula is C14H20Cl6O2. The predicted molar refractivity (Wildman–Crippen MR) is 98.7 cm³/mol. The molecule has 0 aliphatic heterocycles. The van der Waals surface area contributed by atoms with E-state index in [2.05, 4.69) is 20.4 Å². The Morgan fingerprint density at radius 3 is 1.91 bits per heavy atom. The molecule has 1 saturated carbocycles. The van der Waals surface area contributed by atoms with Gasteiger partial charge in [-0.25, -0.2) is 0 Å². The minimum absolute atomic E-state index is 0.0192. The summed E-state index contributed by atoms with van der Waals surface area (Å²) in [7, 11) is 0. The summed E-state index contributed by atoms with van der Waals surface area (Å²) in [6.45, 7) is 7.75. The van der Waals surface area contributed by atoms with Crippen LogP contribution in [0.5, 0.6) is 0 Å². The van der Waals surface area contributed by atoms with Gasteiger partial charge in [0.25, 0.3) is 9.03 Å². The second-order valence-electron chi connectivity index (χ2n) is 4.58. The van der Waals surface area contributed by atoms with Crippen LogP contribution in [-0.2, 0) is 9.59 Å². The molecule has 0 aromatic carbocycles. The molecule has 0 saturated heterocycles. The minimum atomic E-state index is -1.96. The fraction of sp³-hybridized carbons (Fsp3) is 0.714. The van der Waals surface area contributed by atoms with E-state index in [4.69, 9.17) is 69.6 Å². The number of hydrogen-bond acceptors (Lipinski definition) is 2. The first-order valence-corrected chi connectivity index (χ1v) is 9.00. The van der Waals surface area contributed by atoms with Crippen LogP contribution in [0.25, 0.3) is 0 Å². The van der Waals surface area contributed by atoms with Crippen molar-refractivity contribution in [3.05, 3.63) is 12.7 Å². The van der Waals surface area contributed by atoms with E-state index >= 15 is 0 Å². The smallest absolute Gasteiger partial charge is 0.273 e. The predicted octanol–water partition coefficient (Wildman–Crippen LogP) is 6.64. The van der Waals surface area contributed by atoms with Gasteiger partial charge in [-0.1, -0.05) is 90.8 Å². The molecule has 0 aromatic heterocycles. The highest BCUT2D eigenvalue weighted by Gasteiger charge is 2.51. The Bertz CT molecular complexity index is 363. The molecule has 1 atom stereocenters. The lowest BCUT2D eigenvalue weighted by Gasteiger charge is -2.37. The van der Waals surface area contributed by atoms with Gasteiger partial charge in [-0.2, -0.15) is 0 Å². The Hall–Kier alpha value is 0.820. The number of carbonyl (C=O) groups is 2. The summed E-state index contributed by atoms with van der Waals surface area (Å²) in [6, 6.07) is 0. The van der Waals surface area contributed by atoms with Crippen LogP contribution < -0.4 is 0 Å². The highest BCUT2D eigenvalue weighted by Crippen LogP contribution is 2.46. The van der Waals surface area contributed by atoms with Crippen LogP contribution in [0.3, 0.4) is 0 Å². The SMILES string of the molecule is C=CCCC.CCCC1CC(=O)C1(Cl)Cl.O=C(Cl)C(Cl)(Cl)Cl. The third kappa shape index (κ3) is 10.6. The van der Waals surface area contributed by atoms with Crippen LogP contribution in [-0.4, -0.2) is 19.2 Å². The monoisotopic (exact) mass is 430 g/mol. The molecule has 1 fully saturated rings. The van der Waals surface area contributed by atoms with Gasteiger partial charge < -0.3 is 0 Å². The lowest BCUT2D eigenvalue weighted by Crippen LogP contribution is -2.47. The molecule has 0 heterocycles. The van der Waals surface area contributed by atoms with Crippen LogP contribution in [0.15, 0.2) is 12.7 Å². The third-order valence-corrected chi connectivity index (χ3v) is 4.80. The summed E-state index contributed by atoms with van der Waals surface area (Å²) in [5, 5.41) is -0.988. The Kier molecular flexibility index (Phi) is 13.9. The van der Waals surface area contributed by atoms with Crippen molar-refractivity contribution in [2.45, 2.75) is 54.1 Å². The van der Waals surface area contributed by atoms with E-state index in [1.165, 1.54) is 6.42 Å². The van der Waals surface area contributed by atoms with Crippen LogP contribution in [0.1, 0.15) is 46.0 Å². The van der Waals surface area contributed by atoms with Crippen molar-refractivity contribution in [3.63, 3.8) is 0 Å². The van der Waals surface area contributed by atoms with E-state index in [0.717, 1.165) is 19.3 Å². The van der Waals surface area contributed by atoms with Crippen molar-refractivity contribution in [1.29, 1.82) is 0 Å². The summed E-state index contributed by atoms with van der Waals surface area (Å²) in [5.74, 6) is 0.183. The lowest BCUT2D eigenvalue weighted by atomic mass is 9.80. The second kappa shape index (κ2) is 12.2. The van der Waals surface area contributed by atoms with Gasteiger partial charge in [0.15, 0.2) is 10.1 Å². The van der Waals surface area contributed by atoms with Gasteiger partial charge >= 0.3 is 0 Å². The molecule has 8 heteroatoms. The van der Waals surface area contributed by atoms with Crippen LogP contribution >= 0.6 is 69.6 Å². The molecule has 130 valence electrons. The van der Waals surface area contributed by atoms with E-state index in [0.29, 0.717) is 6.42 Å². The van der Waals surface area contributed by atoms with Gasteiger partial charge in [-0.05, 0) is 24.4 Å². The van der Waals surface area contributed by atoms with E-state index < -0.39 is 13.4 Å². The average molecular weight is 433 g/mol. The number of rotatable bonds is 4. The molecule has 0 bridgehead atoms. The van der Waals surface area contributed by atoms with Gasteiger partial charge in [0.2, 0.25) is 0 Å². The Morgan fingerprint density at radius 1 is 1.32 bits per heavy atom. The largest absolute Gasteiger partial charge is 0.296 e. The molecular weight excluding hydrogens is 413 g/mol. The lowest BCUT2D eigenvalue weighted by molar-refractivity contribution is -0.128. The van der Waals surface area contributed by atoms with Gasteiger partial charge in [-0.3, -0.25) is 9.59 Å². The zero-order valence-electron chi connectivity index (χ0n) is 12.5. The Morgan fingerprint density at radius 2 is 1.77 bits per heavy atom. The molecule has 0 radical (unpaired) electrons. The van der Waals surface area contributed by atoms with E-state index in [1.807, 2.05) is 6.08 Å². The fourth-order valence-corrected chi connectivity index (χ4v) is 1.95. The molecule has 0 N–H and O–H groups in total. The average Bonchev–Trinajstić information content (AvgIpc) is 2.40. The summed E-state index contributed by atoms with van der Waals surface area (Å²) in [6.07, 6.45) is 6.88. The number of carbonyl (C=O) groups excluding carboxylic acids is 2. The second-order valence-corrected chi connectivity index (χ2v) is 8.60. The number of Topliss-reactive ketones (excluding diaryl/α,β-unsaturated/α-hetero) is 1. The molecule has 0 spiro atoms. The standard InChI is InChI=1S/C7H10Cl2O.C5H10.C2Cl4O/c1-2-3-5-4-6(10)7(5,8)9;1-3-5-4-2;3-1(7)2(4,5)6/h5H,2-4H2,1H3;3H,1,4-5H2,2H3;. The molecule has 1 aliphatic rings. The normalized spacial score (nSPS) is 18.9. The molecule has 2 nitrogen and oxygen atoms in total. The summed E-state index contributed by atoms with van der Waals surface area (Å²) in [4.78, 5) is 20.6. The number of unbranched alkanes of at least 4 members (excludes halogenated alkanes) is 1. The van der Waals surface area contributed by atoms with Crippen molar-refractivity contribution in [2.24, 2.45) is 5.92 Å². The zero-order valence-corrected chi connectivity index (χ0v) is 17.0. The van der Waals surface area contributed by atoms with Crippen molar-refractivity contribution in [1.82, 2.24) is 0 Å². The van der Waals surface area contributed by atoms with Gasteiger partial charge in [-0.15, -0.1) is 6.58 Å². The first kappa shape index (κ1) is 25.1. The molecule has 0 aromatic rings. The highest BCUT2D eigenvalue weighted by atomic mass is 35.6. The first-order chi connectivity index (χ1) is 9.94. The summed E-state index contributed by atoms with van der Waals surface area (Å²) in [5.41, 5.74) is 0. The highest BCUT2D eigenvalue weighted by molar-refractivity contribution is 6.88.